The van der Waals surface area contributed by atoms with E-state index in [0.717, 1.165) is 9.75 Å². The van der Waals surface area contributed by atoms with Crippen molar-refractivity contribution in [2.45, 2.75) is 19.8 Å². The Labute approximate surface area is 118 Å². The standard InChI is InChI=1S/C13H11ClO2S2/c1-8-2-5-11(17-8)9(15)3-4-10(16)12-6-7-13(14)18-12/h2,5-7H,3-4H2,1H3. The van der Waals surface area contributed by atoms with Gasteiger partial charge in [0.05, 0.1) is 14.1 Å². The van der Waals surface area contributed by atoms with Gasteiger partial charge in [0.25, 0.3) is 0 Å². The molecule has 0 radical (unpaired) electrons. The molecule has 2 nitrogen and oxygen atoms in total. The number of rotatable bonds is 5. The highest BCUT2D eigenvalue weighted by molar-refractivity contribution is 7.18. The van der Waals surface area contributed by atoms with E-state index in [9.17, 15) is 9.59 Å². The van der Waals surface area contributed by atoms with E-state index in [4.69, 9.17) is 11.6 Å². The predicted molar refractivity (Wildman–Crippen MR) is 76.3 cm³/mol. The average molecular weight is 299 g/mol. The van der Waals surface area contributed by atoms with Crippen LogP contribution in [-0.4, -0.2) is 11.6 Å². The molecule has 0 atom stereocenters. The summed E-state index contributed by atoms with van der Waals surface area (Å²) in [5.74, 6) is 0.0117. The van der Waals surface area contributed by atoms with Crippen molar-refractivity contribution in [2.24, 2.45) is 0 Å². The quantitative estimate of drug-likeness (QED) is 0.755. The maximum atomic E-state index is 11.8. The molecule has 0 aromatic carbocycles. The molecule has 0 amide bonds. The molecule has 0 spiro atoms. The van der Waals surface area contributed by atoms with Gasteiger partial charge in [-0.15, -0.1) is 22.7 Å². The highest BCUT2D eigenvalue weighted by atomic mass is 35.5. The second-order valence-electron chi connectivity index (χ2n) is 3.86. The van der Waals surface area contributed by atoms with Crippen molar-refractivity contribution in [1.29, 1.82) is 0 Å². The third-order valence-electron chi connectivity index (χ3n) is 2.44. The number of hydrogen-bond donors (Lipinski definition) is 0. The Balaban J connectivity index is 1.92. The second-order valence-corrected chi connectivity index (χ2v) is 6.86. The molecule has 2 rings (SSSR count). The van der Waals surface area contributed by atoms with Gasteiger partial charge in [0.1, 0.15) is 0 Å². The zero-order valence-corrected chi connectivity index (χ0v) is 12.1. The van der Waals surface area contributed by atoms with E-state index in [0.29, 0.717) is 9.21 Å². The molecule has 0 aliphatic rings. The van der Waals surface area contributed by atoms with Crippen molar-refractivity contribution >= 4 is 45.8 Å². The molecular weight excluding hydrogens is 288 g/mol. The van der Waals surface area contributed by atoms with Gasteiger partial charge in [0, 0.05) is 17.7 Å². The van der Waals surface area contributed by atoms with E-state index in [1.807, 2.05) is 19.1 Å². The Morgan fingerprint density at radius 3 is 2.00 bits per heavy atom. The fourth-order valence-corrected chi connectivity index (χ4v) is 3.37. The van der Waals surface area contributed by atoms with E-state index in [2.05, 4.69) is 0 Å². The normalized spacial score (nSPS) is 10.6. The van der Waals surface area contributed by atoms with Gasteiger partial charge < -0.3 is 0 Å². The molecule has 5 heteroatoms. The number of Topliss-reactive ketones (excluding diaryl/α,β-unsaturated/α-hetero) is 2. The maximum absolute atomic E-state index is 11.8. The van der Waals surface area contributed by atoms with Gasteiger partial charge in [-0.3, -0.25) is 9.59 Å². The van der Waals surface area contributed by atoms with E-state index in [1.54, 1.807) is 12.1 Å². The molecule has 0 aliphatic carbocycles. The van der Waals surface area contributed by atoms with Gasteiger partial charge in [0.2, 0.25) is 0 Å². The summed E-state index contributed by atoms with van der Waals surface area (Å²) in [5.41, 5.74) is 0. The van der Waals surface area contributed by atoms with Crippen LogP contribution in [0.4, 0.5) is 0 Å². The Kier molecular flexibility index (Phi) is 4.32. The molecule has 94 valence electrons. The Morgan fingerprint density at radius 2 is 1.56 bits per heavy atom. The summed E-state index contributed by atoms with van der Waals surface area (Å²) in [6.07, 6.45) is 0.501. The van der Waals surface area contributed by atoms with Crippen LogP contribution in [0.25, 0.3) is 0 Å². The summed E-state index contributed by atoms with van der Waals surface area (Å²) >= 11 is 8.49. The summed E-state index contributed by atoms with van der Waals surface area (Å²) in [6.45, 7) is 1.96. The van der Waals surface area contributed by atoms with Crippen molar-refractivity contribution in [3.63, 3.8) is 0 Å². The van der Waals surface area contributed by atoms with Crippen LogP contribution in [0, 0.1) is 6.92 Å². The lowest BCUT2D eigenvalue weighted by Gasteiger charge is -1.97. The first kappa shape index (κ1) is 13.5. The Bertz CT molecular complexity index is 531. The summed E-state index contributed by atoms with van der Waals surface area (Å²) in [4.78, 5) is 26.1. The summed E-state index contributed by atoms with van der Waals surface area (Å²) in [6, 6.07) is 7.13. The molecule has 0 bridgehead atoms. The maximum Gasteiger partial charge on any atom is 0.173 e. The van der Waals surface area contributed by atoms with Crippen molar-refractivity contribution in [1.82, 2.24) is 0 Å². The molecule has 0 fully saturated rings. The van der Waals surface area contributed by atoms with Crippen LogP contribution >= 0.6 is 34.3 Å². The topological polar surface area (TPSA) is 34.1 Å². The van der Waals surface area contributed by atoms with Gasteiger partial charge in [-0.25, -0.2) is 0 Å². The van der Waals surface area contributed by atoms with E-state index in [-0.39, 0.29) is 24.4 Å². The number of ketones is 2. The zero-order valence-electron chi connectivity index (χ0n) is 9.73. The molecule has 0 N–H and O–H groups in total. The minimum Gasteiger partial charge on any atom is -0.293 e. The number of carbonyl (C=O) groups is 2. The average Bonchev–Trinajstić information content (AvgIpc) is 2.94. The lowest BCUT2D eigenvalue weighted by atomic mass is 10.1. The van der Waals surface area contributed by atoms with Crippen LogP contribution in [0.15, 0.2) is 24.3 Å². The van der Waals surface area contributed by atoms with Crippen molar-refractivity contribution in [3.05, 3.63) is 43.2 Å². The van der Waals surface area contributed by atoms with Gasteiger partial charge in [0.15, 0.2) is 11.6 Å². The van der Waals surface area contributed by atoms with Crippen LogP contribution in [-0.2, 0) is 0 Å². The van der Waals surface area contributed by atoms with Crippen LogP contribution < -0.4 is 0 Å². The third kappa shape index (κ3) is 3.28. The summed E-state index contributed by atoms with van der Waals surface area (Å²) in [7, 11) is 0. The lowest BCUT2D eigenvalue weighted by Crippen LogP contribution is -2.02. The van der Waals surface area contributed by atoms with Crippen LogP contribution in [0.3, 0.4) is 0 Å². The molecular formula is C13H11ClO2S2. The first-order valence-electron chi connectivity index (χ1n) is 5.44. The molecule has 2 aromatic heterocycles. The van der Waals surface area contributed by atoms with Crippen molar-refractivity contribution in [3.8, 4) is 0 Å². The van der Waals surface area contributed by atoms with Gasteiger partial charge in [-0.05, 0) is 31.2 Å². The van der Waals surface area contributed by atoms with Crippen LogP contribution in [0.2, 0.25) is 4.34 Å². The molecule has 0 aliphatic heterocycles. The van der Waals surface area contributed by atoms with Gasteiger partial charge in [-0.2, -0.15) is 0 Å². The number of carbonyl (C=O) groups excluding carboxylic acids is 2. The number of thiophene rings is 2. The van der Waals surface area contributed by atoms with E-state index < -0.39 is 0 Å². The molecule has 0 saturated heterocycles. The minimum atomic E-state index is -0.0199. The molecule has 2 aromatic rings. The van der Waals surface area contributed by atoms with Crippen LogP contribution in [0.1, 0.15) is 37.1 Å². The first-order valence-corrected chi connectivity index (χ1v) is 7.45. The van der Waals surface area contributed by atoms with Gasteiger partial charge in [-0.1, -0.05) is 11.6 Å². The molecule has 0 unspecified atom stereocenters. The monoisotopic (exact) mass is 298 g/mol. The SMILES string of the molecule is Cc1ccc(C(=O)CCC(=O)c2ccc(Cl)s2)s1. The zero-order chi connectivity index (χ0) is 13.1. The summed E-state index contributed by atoms with van der Waals surface area (Å²) < 4.78 is 0.596. The second kappa shape index (κ2) is 5.78. The highest BCUT2D eigenvalue weighted by Crippen LogP contribution is 2.24. The fraction of sp³-hybridized carbons (Fsp3) is 0.231. The molecule has 2 heterocycles. The lowest BCUT2D eigenvalue weighted by molar-refractivity contribution is 0.0921. The number of aryl methyl sites for hydroxylation is 1. The third-order valence-corrected chi connectivity index (χ3v) is 4.76. The minimum absolute atomic E-state index is 0.0199. The van der Waals surface area contributed by atoms with E-state index >= 15 is 0 Å². The largest absolute Gasteiger partial charge is 0.293 e. The fourth-order valence-electron chi connectivity index (χ4n) is 1.52. The van der Waals surface area contributed by atoms with Crippen LogP contribution in [0.5, 0.6) is 0 Å². The first-order chi connectivity index (χ1) is 8.56. The van der Waals surface area contributed by atoms with E-state index in [1.165, 1.54) is 22.7 Å². The highest BCUT2D eigenvalue weighted by Gasteiger charge is 2.13. The smallest absolute Gasteiger partial charge is 0.173 e. The van der Waals surface area contributed by atoms with Crippen molar-refractivity contribution < 1.29 is 9.59 Å². The Morgan fingerprint density at radius 1 is 1.00 bits per heavy atom. The predicted octanol–water partition coefficient (Wildman–Crippen LogP) is 4.62. The summed E-state index contributed by atoms with van der Waals surface area (Å²) in [5, 5.41) is 0. The number of halogens is 1. The van der Waals surface area contributed by atoms with Gasteiger partial charge >= 0.3 is 0 Å². The Hall–Kier alpha value is -0.970. The molecule has 0 saturated carbocycles. The number of hydrogen-bond acceptors (Lipinski definition) is 4. The van der Waals surface area contributed by atoms with Crippen molar-refractivity contribution in [2.75, 3.05) is 0 Å². The molecule has 18 heavy (non-hydrogen) atoms.